The molecular weight excluding hydrogens is 470 g/mol. The Morgan fingerprint density at radius 3 is 1.64 bits per heavy atom. The van der Waals surface area contributed by atoms with E-state index in [1.807, 2.05) is 0 Å². The van der Waals surface area contributed by atoms with E-state index in [0.717, 1.165) is 17.3 Å². The first kappa shape index (κ1) is 25.9. The number of pyridine rings is 2. The largest absolute Gasteiger partial charge is 0.382 e. The molecule has 0 fully saturated rings. The third kappa shape index (κ3) is 6.23. The van der Waals surface area contributed by atoms with E-state index in [1.54, 1.807) is 13.8 Å². The van der Waals surface area contributed by atoms with E-state index in [2.05, 4.69) is 29.9 Å². The number of aromatic nitrogens is 6. The van der Waals surface area contributed by atoms with Gasteiger partial charge in [0.25, 0.3) is 0 Å². The second-order valence-electron chi connectivity index (χ2n) is 7.55. The molecule has 184 valence electrons. The van der Waals surface area contributed by atoms with Crippen molar-refractivity contribution in [2.75, 3.05) is 10.6 Å². The zero-order valence-electron chi connectivity index (χ0n) is 19.9. The van der Waals surface area contributed by atoms with Crippen molar-refractivity contribution in [3.63, 3.8) is 0 Å². The van der Waals surface area contributed by atoms with Crippen LogP contribution in [0.3, 0.4) is 0 Å². The first-order chi connectivity index (χ1) is 17.1. The molecule has 0 saturated carbocycles. The molecule has 12 heteroatoms. The number of anilines is 2. The fourth-order valence-corrected chi connectivity index (χ4v) is 3.09. The van der Waals surface area contributed by atoms with Gasteiger partial charge in [-0.2, -0.15) is 0 Å². The molecular formula is C24H22F2N8O2. The number of amides is 2. The molecule has 4 aromatic heterocycles. The van der Waals surface area contributed by atoms with Crippen molar-refractivity contribution in [1.29, 1.82) is 0 Å². The zero-order chi connectivity index (χ0) is 26.4. The molecule has 0 atom stereocenters. The zero-order valence-corrected chi connectivity index (χ0v) is 19.9. The van der Waals surface area contributed by atoms with Crippen LogP contribution < -0.4 is 10.6 Å². The Morgan fingerprint density at radius 1 is 0.750 bits per heavy atom. The van der Waals surface area contributed by atoms with Crippen LogP contribution in [0.4, 0.5) is 20.4 Å². The Labute approximate surface area is 205 Å². The summed E-state index contributed by atoms with van der Waals surface area (Å²) in [6.45, 7) is 5.91. The highest BCUT2D eigenvalue weighted by Crippen LogP contribution is 2.22. The second kappa shape index (κ2) is 11.1. The Kier molecular flexibility index (Phi) is 8.00. The molecule has 4 rings (SSSR count). The minimum absolute atomic E-state index is 0.170. The number of aryl methyl sites for hydroxylation is 2. The molecule has 0 bridgehead atoms. The minimum atomic E-state index is -0.481. The first-order valence-corrected chi connectivity index (χ1v) is 10.5. The van der Waals surface area contributed by atoms with Gasteiger partial charge in [0.05, 0.1) is 47.6 Å². The quantitative estimate of drug-likeness (QED) is 0.455. The van der Waals surface area contributed by atoms with Crippen molar-refractivity contribution >= 4 is 23.5 Å². The number of carbonyl (C=O) groups is 2. The molecule has 2 amide bonds. The van der Waals surface area contributed by atoms with Crippen molar-refractivity contribution < 1.29 is 18.4 Å². The summed E-state index contributed by atoms with van der Waals surface area (Å²) < 4.78 is 26.1. The Balaban J connectivity index is 0.000000212. The highest BCUT2D eigenvalue weighted by molar-refractivity contribution is 6.12. The van der Waals surface area contributed by atoms with Crippen LogP contribution in [0, 0.1) is 25.5 Å². The molecule has 4 aromatic rings. The smallest absolute Gasteiger partial charge is 0.231 e. The van der Waals surface area contributed by atoms with E-state index in [1.165, 1.54) is 50.8 Å². The van der Waals surface area contributed by atoms with Gasteiger partial charge in [-0.1, -0.05) is 0 Å². The number of nitrogen functional groups attached to an aromatic ring is 1. The maximum atomic E-state index is 13.2. The SMILES string of the molecule is CC(=O)N(C(C)=O)c1ncc(-c2cncc(F)c2)nc1C.Cc1nc(-c2cncc(F)c2)cnc1N. The number of hydrogen-bond donors (Lipinski definition) is 1. The van der Waals surface area contributed by atoms with Crippen LogP contribution >= 0.6 is 0 Å². The van der Waals surface area contributed by atoms with Gasteiger partial charge >= 0.3 is 0 Å². The Morgan fingerprint density at radius 2 is 1.22 bits per heavy atom. The van der Waals surface area contributed by atoms with Crippen LogP contribution in [0.2, 0.25) is 0 Å². The number of rotatable bonds is 3. The monoisotopic (exact) mass is 492 g/mol. The number of carbonyl (C=O) groups excluding carboxylic acids is 2. The van der Waals surface area contributed by atoms with Gasteiger partial charge in [0.2, 0.25) is 11.8 Å². The molecule has 36 heavy (non-hydrogen) atoms. The van der Waals surface area contributed by atoms with Crippen molar-refractivity contribution in [2.45, 2.75) is 27.7 Å². The molecule has 4 heterocycles. The molecule has 0 saturated heterocycles. The van der Waals surface area contributed by atoms with E-state index in [9.17, 15) is 18.4 Å². The first-order valence-electron chi connectivity index (χ1n) is 10.5. The molecule has 10 nitrogen and oxygen atoms in total. The molecule has 0 aliphatic heterocycles. The third-order valence-corrected chi connectivity index (χ3v) is 4.75. The summed E-state index contributed by atoms with van der Waals surface area (Å²) in [6.07, 6.45) is 8.09. The van der Waals surface area contributed by atoms with Gasteiger partial charge in [-0.25, -0.2) is 33.6 Å². The molecule has 0 unspecified atom stereocenters. The maximum Gasteiger partial charge on any atom is 0.231 e. The predicted molar refractivity (Wildman–Crippen MR) is 128 cm³/mol. The molecule has 0 aromatic carbocycles. The lowest BCUT2D eigenvalue weighted by Crippen LogP contribution is -2.34. The summed E-state index contributed by atoms with van der Waals surface area (Å²) in [5.41, 5.74) is 8.58. The molecule has 2 N–H and O–H groups in total. The molecule has 0 spiro atoms. The average Bonchev–Trinajstić information content (AvgIpc) is 2.82. The lowest BCUT2D eigenvalue weighted by Gasteiger charge is -2.17. The van der Waals surface area contributed by atoms with Crippen LogP contribution in [-0.4, -0.2) is 41.7 Å². The van der Waals surface area contributed by atoms with Gasteiger partial charge in [-0.3, -0.25) is 19.6 Å². The lowest BCUT2D eigenvalue weighted by molar-refractivity contribution is -0.124. The van der Waals surface area contributed by atoms with E-state index in [4.69, 9.17) is 5.73 Å². The van der Waals surface area contributed by atoms with Crippen molar-refractivity contribution in [3.05, 3.63) is 72.3 Å². The molecule has 0 radical (unpaired) electrons. The van der Waals surface area contributed by atoms with Gasteiger partial charge in [-0.15, -0.1) is 0 Å². The van der Waals surface area contributed by atoms with Crippen LogP contribution in [-0.2, 0) is 9.59 Å². The standard InChI is InChI=1S/C14H13FN4O2.C10H9FN4/c1-8-14(19(9(2)20)10(3)21)17-7-13(18-8)11-4-12(15)6-16-5-11;1-6-10(12)14-5-9(15-6)7-2-8(11)4-13-3-7/h4-7H,1-3H3;2-5H,1H3,(H2,12,14). The lowest BCUT2D eigenvalue weighted by atomic mass is 10.2. The third-order valence-electron chi connectivity index (χ3n) is 4.75. The molecule has 0 aliphatic rings. The van der Waals surface area contributed by atoms with E-state index in [-0.39, 0.29) is 5.82 Å². The second-order valence-corrected chi connectivity index (χ2v) is 7.55. The summed E-state index contributed by atoms with van der Waals surface area (Å²) in [6, 6.07) is 2.64. The van der Waals surface area contributed by atoms with Crippen LogP contribution in [0.15, 0.2) is 49.3 Å². The number of imide groups is 1. The van der Waals surface area contributed by atoms with E-state index >= 15 is 0 Å². The summed E-state index contributed by atoms with van der Waals surface area (Å²) >= 11 is 0. The highest BCUT2D eigenvalue weighted by atomic mass is 19.1. The summed E-state index contributed by atoms with van der Waals surface area (Å²) in [5.74, 6) is -1.22. The summed E-state index contributed by atoms with van der Waals surface area (Å²) in [5, 5.41) is 0. The Hall–Kier alpha value is -4.74. The summed E-state index contributed by atoms with van der Waals surface area (Å²) in [7, 11) is 0. The normalized spacial score (nSPS) is 10.3. The van der Waals surface area contributed by atoms with Gasteiger partial charge in [0.1, 0.15) is 17.5 Å². The minimum Gasteiger partial charge on any atom is -0.382 e. The summed E-state index contributed by atoms with van der Waals surface area (Å²) in [4.78, 5) is 47.9. The Bertz CT molecular complexity index is 1420. The van der Waals surface area contributed by atoms with Crippen molar-refractivity contribution in [1.82, 2.24) is 29.9 Å². The topological polar surface area (TPSA) is 141 Å². The van der Waals surface area contributed by atoms with E-state index < -0.39 is 23.4 Å². The number of nitrogens with two attached hydrogens (primary N) is 1. The average molecular weight is 492 g/mol. The van der Waals surface area contributed by atoms with E-state index in [0.29, 0.717) is 39.7 Å². The van der Waals surface area contributed by atoms with Gasteiger partial charge < -0.3 is 5.73 Å². The highest BCUT2D eigenvalue weighted by Gasteiger charge is 2.21. The maximum absolute atomic E-state index is 13.2. The molecule has 0 aliphatic carbocycles. The van der Waals surface area contributed by atoms with Crippen molar-refractivity contribution in [3.8, 4) is 22.5 Å². The number of hydrogen-bond acceptors (Lipinski definition) is 9. The fraction of sp³-hybridized carbons (Fsp3) is 0.167. The van der Waals surface area contributed by atoms with Crippen LogP contribution in [0.1, 0.15) is 25.2 Å². The number of nitrogens with zero attached hydrogens (tertiary/aromatic N) is 7. The van der Waals surface area contributed by atoms with Gasteiger partial charge in [0.15, 0.2) is 5.82 Å². The predicted octanol–water partition coefficient (Wildman–Crippen LogP) is 3.45. The fourth-order valence-electron chi connectivity index (χ4n) is 3.09. The number of halogens is 2. The van der Waals surface area contributed by atoms with Crippen LogP contribution in [0.5, 0.6) is 0 Å². The van der Waals surface area contributed by atoms with Gasteiger partial charge in [0, 0.05) is 37.4 Å². The van der Waals surface area contributed by atoms with Crippen molar-refractivity contribution in [2.24, 2.45) is 0 Å². The van der Waals surface area contributed by atoms with Gasteiger partial charge in [-0.05, 0) is 26.0 Å². The van der Waals surface area contributed by atoms with Crippen LogP contribution in [0.25, 0.3) is 22.5 Å².